The van der Waals surface area contributed by atoms with Crippen LogP contribution in [0, 0.1) is 10.1 Å². The number of hydrogen-bond donors (Lipinski definition) is 2. The molecule has 1 aliphatic rings. The highest BCUT2D eigenvalue weighted by Gasteiger charge is 2.36. The van der Waals surface area contributed by atoms with E-state index < -0.39 is 40.0 Å². The molecule has 0 saturated carbocycles. The third kappa shape index (κ3) is 3.30. The topological polar surface area (TPSA) is 153 Å². The van der Waals surface area contributed by atoms with Gasteiger partial charge in [-0.2, -0.15) is 0 Å². The minimum absolute atomic E-state index is 0.0386. The maximum absolute atomic E-state index is 12.1. The standard InChI is InChI=1S/C13H11N3O7S/c1-23-8-3-6(2-7(11(8)18)16(21)22)4-9-12(19)15(5-10(14)17)13(20)24-9/h2-4,18H,5H2,1H3,(H2,14,17)/b9-4-. The zero-order valence-corrected chi connectivity index (χ0v) is 13.0. The number of methoxy groups -OCH3 is 1. The Bertz CT molecular complexity index is 790. The summed E-state index contributed by atoms with van der Waals surface area (Å²) in [6.45, 7) is -0.555. The van der Waals surface area contributed by atoms with Crippen molar-refractivity contribution in [2.75, 3.05) is 13.7 Å². The number of amides is 3. The fraction of sp³-hybridized carbons (Fsp3) is 0.154. The van der Waals surface area contributed by atoms with E-state index in [1.54, 1.807) is 0 Å². The lowest BCUT2D eigenvalue weighted by molar-refractivity contribution is -0.386. The number of nitro benzene ring substituents is 1. The molecule has 0 aromatic heterocycles. The number of imide groups is 1. The molecule has 0 spiro atoms. The molecule has 3 amide bonds. The van der Waals surface area contributed by atoms with Gasteiger partial charge in [0.1, 0.15) is 6.54 Å². The molecule has 2 rings (SSSR count). The van der Waals surface area contributed by atoms with Crippen molar-refractivity contribution in [1.29, 1.82) is 0 Å². The molecule has 126 valence electrons. The molecule has 1 aliphatic heterocycles. The molecule has 1 heterocycles. The van der Waals surface area contributed by atoms with Gasteiger partial charge in [0.05, 0.1) is 16.9 Å². The summed E-state index contributed by atoms with van der Waals surface area (Å²) in [5.41, 5.74) is 4.52. The van der Waals surface area contributed by atoms with Crippen molar-refractivity contribution in [3.8, 4) is 11.5 Å². The van der Waals surface area contributed by atoms with Crippen molar-refractivity contribution in [3.05, 3.63) is 32.7 Å². The summed E-state index contributed by atoms with van der Waals surface area (Å²) in [5, 5.41) is 20.0. The molecule has 1 saturated heterocycles. The van der Waals surface area contributed by atoms with Gasteiger partial charge in [-0.25, -0.2) is 0 Å². The van der Waals surface area contributed by atoms with Gasteiger partial charge in [0, 0.05) is 6.07 Å². The highest BCUT2D eigenvalue weighted by molar-refractivity contribution is 8.18. The van der Waals surface area contributed by atoms with Crippen LogP contribution in [0.5, 0.6) is 11.5 Å². The van der Waals surface area contributed by atoms with Gasteiger partial charge in [0.25, 0.3) is 11.1 Å². The van der Waals surface area contributed by atoms with Gasteiger partial charge < -0.3 is 15.6 Å². The van der Waals surface area contributed by atoms with Crippen LogP contribution in [0.1, 0.15) is 5.56 Å². The summed E-state index contributed by atoms with van der Waals surface area (Å²) in [6, 6.07) is 2.30. The minimum atomic E-state index is -0.847. The molecule has 1 aromatic carbocycles. The number of nitrogens with two attached hydrogens (primary N) is 1. The first-order valence-electron chi connectivity index (χ1n) is 6.33. The molecule has 11 heteroatoms. The van der Waals surface area contributed by atoms with E-state index in [0.29, 0.717) is 16.7 Å². The first-order chi connectivity index (χ1) is 11.2. The molecule has 24 heavy (non-hydrogen) atoms. The van der Waals surface area contributed by atoms with Gasteiger partial charge in [-0.3, -0.25) is 29.4 Å². The number of benzene rings is 1. The largest absolute Gasteiger partial charge is 0.500 e. The van der Waals surface area contributed by atoms with Gasteiger partial charge in [-0.05, 0) is 29.5 Å². The maximum atomic E-state index is 12.1. The maximum Gasteiger partial charge on any atom is 0.315 e. The number of aromatic hydroxyl groups is 1. The van der Waals surface area contributed by atoms with E-state index in [4.69, 9.17) is 10.5 Å². The molecule has 1 fully saturated rings. The van der Waals surface area contributed by atoms with Crippen molar-refractivity contribution < 1.29 is 29.2 Å². The lowest BCUT2D eigenvalue weighted by atomic mass is 10.1. The first kappa shape index (κ1) is 17.3. The fourth-order valence-electron chi connectivity index (χ4n) is 1.94. The number of nitrogens with zero attached hydrogens (tertiary/aromatic N) is 2. The highest BCUT2D eigenvalue weighted by atomic mass is 32.2. The van der Waals surface area contributed by atoms with Gasteiger partial charge in [-0.1, -0.05) is 0 Å². The van der Waals surface area contributed by atoms with Gasteiger partial charge >= 0.3 is 5.69 Å². The molecule has 0 atom stereocenters. The number of phenolic OH excluding ortho intramolecular Hbond substituents is 1. The van der Waals surface area contributed by atoms with Crippen LogP contribution in [0.4, 0.5) is 10.5 Å². The van der Waals surface area contributed by atoms with Crippen molar-refractivity contribution in [1.82, 2.24) is 4.90 Å². The lowest BCUT2D eigenvalue weighted by Crippen LogP contribution is -2.36. The van der Waals surface area contributed by atoms with E-state index >= 15 is 0 Å². The van der Waals surface area contributed by atoms with Crippen LogP contribution in [0.15, 0.2) is 17.0 Å². The number of nitro groups is 1. The zero-order chi connectivity index (χ0) is 18.0. The van der Waals surface area contributed by atoms with E-state index in [1.165, 1.54) is 19.3 Å². The number of hydrogen-bond acceptors (Lipinski definition) is 8. The van der Waals surface area contributed by atoms with Crippen molar-refractivity contribution >= 4 is 40.6 Å². The Kier molecular flexibility index (Phi) is 4.74. The van der Waals surface area contributed by atoms with E-state index in [-0.39, 0.29) is 16.2 Å². The SMILES string of the molecule is COc1cc(/C=C2\SC(=O)N(CC(N)=O)C2=O)cc([N+](=O)[O-])c1O. The van der Waals surface area contributed by atoms with Gasteiger partial charge in [-0.15, -0.1) is 0 Å². The monoisotopic (exact) mass is 353 g/mol. The molecular weight excluding hydrogens is 342 g/mol. The zero-order valence-electron chi connectivity index (χ0n) is 12.2. The lowest BCUT2D eigenvalue weighted by Gasteiger charge is -2.08. The van der Waals surface area contributed by atoms with E-state index in [9.17, 15) is 29.6 Å². The van der Waals surface area contributed by atoms with Crippen LogP contribution < -0.4 is 10.5 Å². The van der Waals surface area contributed by atoms with Crippen molar-refractivity contribution in [3.63, 3.8) is 0 Å². The summed E-state index contributed by atoms with van der Waals surface area (Å²) < 4.78 is 4.85. The molecular formula is C13H11N3O7S. The van der Waals surface area contributed by atoms with Crippen LogP contribution in [-0.2, 0) is 9.59 Å². The molecule has 1 aromatic rings. The number of rotatable bonds is 5. The average Bonchev–Trinajstić information content (AvgIpc) is 2.75. The second-order valence-corrected chi connectivity index (χ2v) is 5.58. The molecule has 3 N–H and O–H groups in total. The van der Waals surface area contributed by atoms with Crippen LogP contribution in [-0.4, -0.2) is 45.6 Å². The fourth-order valence-corrected chi connectivity index (χ4v) is 2.77. The van der Waals surface area contributed by atoms with Crippen LogP contribution >= 0.6 is 11.8 Å². The number of carbonyl (C=O) groups is 3. The molecule has 0 bridgehead atoms. The summed E-state index contributed by atoms with van der Waals surface area (Å²) in [4.78, 5) is 45.5. The van der Waals surface area contributed by atoms with E-state index in [2.05, 4.69) is 0 Å². The van der Waals surface area contributed by atoms with E-state index in [0.717, 1.165) is 6.07 Å². The number of thioether (sulfide) groups is 1. The van der Waals surface area contributed by atoms with Crippen molar-refractivity contribution in [2.45, 2.75) is 0 Å². The molecule has 10 nitrogen and oxygen atoms in total. The predicted octanol–water partition coefficient (Wildman–Crippen LogP) is 0.831. The Hall–Kier alpha value is -3.08. The molecule has 0 radical (unpaired) electrons. The number of carbonyl (C=O) groups excluding carboxylic acids is 3. The highest BCUT2D eigenvalue weighted by Crippen LogP contribution is 2.39. The Morgan fingerprint density at radius 2 is 2.17 bits per heavy atom. The second kappa shape index (κ2) is 6.58. The van der Waals surface area contributed by atoms with Crippen LogP contribution in [0.3, 0.4) is 0 Å². The predicted molar refractivity (Wildman–Crippen MR) is 83.2 cm³/mol. The smallest absolute Gasteiger partial charge is 0.315 e. The van der Waals surface area contributed by atoms with Crippen LogP contribution in [0.2, 0.25) is 0 Å². The van der Waals surface area contributed by atoms with Gasteiger partial charge in [0.2, 0.25) is 11.7 Å². The molecule has 0 unspecified atom stereocenters. The summed E-state index contributed by atoms with van der Waals surface area (Å²) >= 11 is 0.568. The second-order valence-electron chi connectivity index (χ2n) is 4.58. The summed E-state index contributed by atoms with van der Waals surface area (Å²) in [7, 11) is 1.21. The normalized spacial score (nSPS) is 15.9. The number of phenols is 1. The average molecular weight is 353 g/mol. The Labute approximate surface area is 139 Å². The third-order valence-corrected chi connectivity index (χ3v) is 3.89. The molecule has 0 aliphatic carbocycles. The summed E-state index contributed by atoms with van der Waals surface area (Å²) in [6.07, 6.45) is 1.22. The third-order valence-electron chi connectivity index (χ3n) is 2.98. The number of primary amides is 1. The van der Waals surface area contributed by atoms with Crippen molar-refractivity contribution in [2.24, 2.45) is 5.73 Å². The number of ether oxygens (including phenoxy) is 1. The summed E-state index contributed by atoms with van der Waals surface area (Å²) in [5.74, 6) is -2.40. The van der Waals surface area contributed by atoms with Crippen LogP contribution in [0.25, 0.3) is 6.08 Å². The van der Waals surface area contributed by atoms with Gasteiger partial charge in [0.15, 0.2) is 5.75 Å². The Morgan fingerprint density at radius 1 is 1.50 bits per heavy atom. The van der Waals surface area contributed by atoms with E-state index in [1.807, 2.05) is 0 Å². The Balaban J connectivity index is 2.43. The quantitative estimate of drug-likeness (QED) is 0.448. The minimum Gasteiger partial charge on any atom is -0.500 e. The Morgan fingerprint density at radius 3 is 2.71 bits per heavy atom. The first-order valence-corrected chi connectivity index (χ1v) is 7.15.